The van der Waals surface area contributed by atoms with Crippen molar-refractivity contribution in [1.29, 1.82) is 0 Å². The smallest absolute Gasteiger partial charge is 0.133 e. The van der Waals surface area contributed by atoms with Crippen molar-refractivity contribution in [3.05, 3.63) is 34.9 Å². The summed E-state index contributed by atoms with van der Waals surface area (Å²) >= 11 is 0. The third-order valence-corrected chi connectivity index (χ3v) is 2.33. The van der Waals surface area contributed by atoms with Gasteiger partial charge in [0.2, 0.25) is 0 Å². The van der Waals surface area contributed by atoms with Crippen LogP contribution in [0.4, 0.5) is 0 Å². The van der Waals surface area contributed by atoms with Crippen molar-refractivity contribution in [2.75, 3.05) is 0 Å². The Bertz CT molecular complexity index is 342. The van der Waals surface area contributed by atoms with E-state index in [4.69, 9.17) is 0 Å². The van der Waals surface area contributed by atoms with Crippen molar-refractivity contribution in [2.24, 2.45) is 0 Å². The minimum absolute atomic E-state index is 1.06. The summed E-state index contributed by atoms with van der Waals surface area (Å²) in [7, 11) is 3.18. The molecule has 0 saturated carbocycles. The fourth-order valence-corrected chi connectivity index (χ4v) is 1.70. The van der Waals surface area contributed by atoms with Gasteiger partial charge in [0.25, 0.3) is 0 Å². The molecule has 0 fully saturated rings. The van der Waals surface area contributed by atoms with E-state index in [1.165, 1.54) is 11.1 Å². The van der Waals surface area contributed by atoms with Crippen LogP contribution in [0, 0.1) is 11.5 Å². The third-order valence-electron chi connectivity index (χ3n) is 2.20. The second-order valence-electron chi connectivity index (χ2n) is 2.90. The predicted octanol–water partition coefficient (Wildman–Crippen LogP) is 2.29. The van der Waals surface area contributed by atoms with E-state index >= 15 is 0 Å². The molecule has 0 nitrogen and oxygen atoms in total. The molecule has 13 heavy (non-hydrogen) atoms. The summed E-state index contributed by atoms with van der Waals surface area (Å²) in [6, 6.07) is 6.33. The van der Waals surface area contributed by atoms with Crippen LogP contribution >= 0.6 is 0 Å². The first-order valence-electron chi connectivity index (χ1n) is 4.62. The zero-order chi connectivity index (χ0) is 9.68. The summed E-state index contributed by atoms with van der Waals surface area (Å²) in [5.74, 6) is 3.07. The molecule has 0 saturated heterocycles. The maximum atomic E-state index is 3.18. The van der Waals surface area contributed by atoms with Crippen molar-refractivity contribution >= 4 is 10.2 Å². The minimum atomic E-state index is 1.06. The average Bonchev–Trinajstić information content (AvgIpc) is 2.18. The normalized spacial score (nSPS) is 9.15. The molecule has 0 amide bonds. The lowest BCUT2D eigenvalue weighted by molar-refractivity contribution is 1.03. The van der Waals surface area contributed by atoms with Crippen LogP contribution in [0.1, 0.15) is 30.5 Å². The van der Waals surface area contributed by atoms with Gasteiger partial charge in [-0.2, -0.15) is 0 Å². The molecule has 0 atom stereocenters. The molecule has 1 heteroatoms. The summed E-state index contributed by atoms with van der Waals surface area (Å²) in [6.45, 7) is 4.35. The highest BCUT2D eigenvalue weighted by Gasteiger charge is 2.01. The van der Waals surface area contributed by atoms with Crippen molar-refractivity contribution in [3.8, 4) is 11.5 Å². The molecule has 0 spiro atoms. The highest BCUT2D eigenvalue weighted by molar-refractivity contribution is 6.22. The van der Waals surface area contributed by atoms with Gasteiger partial charge in [0.15, 0.2) is 0 Å². The first-order chi connectivity index (χ1) is 6.33. The Balaban J connectivity index is 3.24. The summed E-state index contributed by atoms with van der Waals surface area (Å²) < 4.78 is 0. The zero-order valence-corrected chi connectivity index (χ0v) is 9.15. The molecule has 1 rings (SSSR count). The maximum Gasteiger partial charge on any atom is 0.147 e. The largest absolute Gasteiger partial charge is 0.147 e. The van der Waals surface area contributed by atoms with E-state index in [9.17, 15) is 0 Å². The molecule has 0 aromatic heterocycles. The molecule has 0 aliphatic rings. The van der Waals surface area contributed by atoms with E-state index in [-0.39, 0.29) is 0 Å². The van der Waals surface area contributed by atoms with Crippen LogP contribution in [0.5, 0.6) is 0 Å². The Kier molecular flexibility index (Phi) is 3.79. The molecule has 3 radical (unpaired) electrons. The summed E-state index contributed by atoms with van der Waals surface area (Å²) in [6.07, 6.45) is 2.14. The Morgan fingerprint density at radius 3 is 2.54 bits per heavy atom. The van der Waals surface area contributed by atoms with Gasteiger partial charge in [0.1, 0.15) is 10.2 Å². The van der Waals surface area contributed by atoms with E-state index in [0.717, 1.165) is 18.4 Å². The molecular weight excluding hydrogens is 172 g/mol. The predicted molar refractivity (Wildman–Crippen MR) is 57.8 cm³/mol. The summed E-state index contributed by atoms with van der Waals surface area (Å²) in [4.78, 5) is 0. The summed E-state index contributed by atoms with van der Waals surface area (Å²) in [5.41, 5.74) is 6.71. The second kappa shape index (κ2) is 4.89. The summed E-state index contributed by atoms with van der Waals surface area (Å²) in [5, 5.41) is 0. The van der Waals surface area contributed by atoms with Crippen LogP contribution in [0.3, 0.4) is 0 Å². The van der Waals surface area contributed by atoms with E-state index in [0.29, 0.717) is 0 Å². The molecule has 0 bridgehead atoms. The average molecular weight is 185 g/mol. The number of hydrogen-bond acceptors (Lipinski definition) is 0. The molecule has 0 aliphatic heterocycles. The van der Waals surface area contributed by atoms with Crippen LogP contribution in [-0.4, -0.2) is 10.2 Å². The molecule has 1 aromatic rings. The first-order valence-corrected chi connectivity index (χ1v) is 5.12. The van der Waals surface area contributed by atoms with Crippen molar-refractivity contribution in [2.45, 2.75) is 26.7 Å². The van der Waals surface area contributed by atoms with Gasteiger partial charge in [0.05, 0.1) is 0 Å². The van der Waals surface area contributed by atoms with Gasteiger partial charge in [0, 0.05) is 5.56 Å². The molecule has 0 aliphatic carbocycles. The van der Waals surface area contributed by atoms with Crippen LogP contribution in [0.2, 0.25) is 0 Å². The van der Waals surface area contributed by atoms with E-state index < -0.39 is 0 Å². The number of benzene rings is 1. The van der Waals surface area contributed by atoms with Crippen LogP contribution in [0.25, 0.3) is 0 Å². The Labute approximate surface area is 83.8 Å². The van der Waals surface area contributed by atoms with Gasteiger partial charge in [-0.3, -0.25) is 0 Å². The third kappa shape index (κ3) is 2.23. The Hall–Kier alpha value is -1.00. The highest BCUT2D eigenvalue weighted by atomic mass is 28.1. The molecular formula is C12H13Si. The van der Waals surface area contributed by atoms with Gasteiger partial charge in [-0.15, -0.1) is 5.54 Å². The SMILES string of the molecule is CCc1cccc(C#C[Si])c1CC. The van der Waals surface area contributed by atoms with Crippen molar-refractivity contribution in [3.63, 3.8) is 0 Å². The van der Waals surface area contributed by atoms with Crippen LogP contribution in [0.15, 0.2) is 18.2 Å². The monoisotopic (exact) mass is 185 g/mol. The van der Waals surface area contributed by atoms with Crippen LogP contribution in [-0.2, 0) is 12.8 Å². The Morgan fingerprint density at radius 1 is 1.23 bits per heavy atom. The highest BCUT2D eigenvalue weighted by Crippen LogP contribution is 2.15. The van der Waals surface area contributed by atoms with Gasteiger partial charge >= 0.3 is 0 Å². The van der Waals surface area contributed by atoms with Gasteiger partial charge < -0.3 is 0 Å². The van der Waals surface area contributed by atoms with E-state index in [1.807, 2.05) is 0 Å². The lowest BCUT2D eigenvalue weighted by Gasteiger charge is -2.07. The van der Waals surface area contributed by atoms with Gasteiger partial charge in [-0.25, -0.2) is 0 Å². The topological polar surface area (TPSA) is 0 Å². The fraction of sp³-hybridized carbons (Fsp3) is 0.333. The maximum absolute atomic E-state index is 3.18. The Morgan fingerprint density at radius 2 is 2.00 bits per heavy atom. The lowest BCUT2D eigenvalue weighted by Crippen LogP contribution is -1.94. The van der Waals surface area contributed by atoms with Crippen molar-refractivity contribution < 1.29 is 0 Å². The van der Waals surface area contributed by atoms with Crippen LogP contribution < -0.4 is 0 Å². The van der Waals surface area contributed by atoms with Gasteiger partial charge in [-0.05, 0) is 30.0 Å². The second-order valence-corrected chi connectivity index (χ2v) is 3.15. The fourth-order valence-electron chi connectivity index (χ4n) is 1.57. The zero-order valence-electron chi connectivity index (χ0n) is 8.15. The molecule has 1 aromatic carbocycles. The van der Waals surface area contributed by atoms with Crippen molar-refractivity contribution in [1.82, 2.24) is 0 Å². The molecule has 0 N–H and O–H groups in total. The van der Waals surface area contributed by atoms with E-state index in [1.54, 1.807) is 0 Å². The molecule has 0 heterocycles. The standard InChI is InChI=1S/C12H13Si/c1-3-10-6-5-7-11(8-9-13)12(10)4-2/h5-7H,3-4H2,1-2H3. The van der Waals surface area contributed by atoms with Gasteiger partial charge in [-0.1, -0.05) is 31.9 Å². The lowest BCUT2D eigenvalue weighted by atomic mass is 9.98. The number of aryl methyl sites for hydroxylation is 1. The minimum Gasteiger partial charge on any atom is -0.133 e. The van der Waals surface area contributed by atoms with E-state index in [2.05, 4.69) is 53.8 Å². The molecule has 0 unspecified atom stereocenters. The number of rotatable bonds is 2. The quantitative estimate of drug-likeness (QED) is 0.490. The molecule has 65 valence electrons. The number of hydrogen-bond donors (Lipinski definition) is 0. The first kappa shape index (κ1) is 10.1.